The number of halogens is 5. The smallest absolute Gasteiger partial charge is 0.294 e. The Morgan fingerprint density at radius 1 is 1.31 bits per heavy atom. The molecule has 0 aliphatic carbocycles. The van der Waals surface area contributed by atoms with Crippen LogP contribution in [0.1, 0.15) is 23.2 Å². The maximum absolute atomic E-state index is 12.8. The summed E-state index contributed by atoms with van der Waals surface area (Å²) in [5, 5.41) is 0. The Labute approximate surface area is 97.6 Å². The molecule has 16 heavy (non-hydrogen) atoms. The minimum Gasteiger partial charge on any atom is -0.294 e. The van der Waals surface area contributed by atoms with Crippen LogP contribution in [-0.2, 0) is 0 Å². The second-order valence-corrected chi connectivity index (χ2v) is 4.02. The molecule has 0 amide bonds. The lowest BCUT2D eigenvalue weighted by atomic mass is 10.1. The molecule has 0 saturated heterocycles. The van der Waals surface area contributed by atoms with Crippen LogP contribution in [0.4, 0.5) is 17.6 Å². The molecule has 0 fully saturated rings. The summed E-state index contributed by atoms with van der Waals surface area (Å²) in [7, 11) is 0. The first-order valence-electron chi connectivity index (χ1n) is 4.34. The zero-order valence-corrected chi connectivity index (χ0v) is 9.53. The molecule has 0 heterocycles. The Kier molecular flexibility index (Phi) is 4.07. The molecule has 0 N–H and O–H groups in total. The summed E-state index contributed by atoms with van der Waals surface area (Å²) >= 11 is 2.98. The highest BCUT2D eigenvalue weighted by atomic mass is 79.9. The lowest BCUT2D eigenvalue weighted by molar-refractivity contribution is -0.133. The van der Waals surface area contributed by atoms with Crippen molar-refractivity contribution in [2.24, 2.45) is 0 Å². The van der Waals surface area contributed by atoms with Gasteiger partial charge in [0.05, 0.1) is 6.42 Å². The van der Waals surface area contributed by atoms with E-state index in [4.69, 9.17) is 0 Å². The van der Waals surface area contributed by atoms with E-state index in [-0.39, 0.29) is 5.56 Å². The first kappa shape index (κ1) is 13.2. The molecule has 1 rings (SSSR count). The van der Waals surface area contributed by atoms with E-state index in [0.717, 1.165) is 12.1 Å². The molecule has 1 aromatic rings. The average molecular weight is 299 g/mol. The molecule has 0 atom stereocenters. The monoisotopic (exact) mass is 298 g/mol. The highest BCUT2D eigenvalue weighted by molar-refractivity contribution is 9.10. The molecule has 1 aromatic carbocycles. The lowest BCUT2D eigenvalue weighted by Gasteiger charge is -2.06. The zero-order valence-electron chi connectivity index (χ0n) is 7.94. The van der Waals surface area contributed by atoms with Gasteiger partial charge < -0.3 is 0 Å². The SMILES string of the molecule is O=C(CCC(F)(F)F)c1cc(F)ccc1Br. The number of carbonyl (C=O) groups is 1. The summed E-state index contributed by atoms with van der Waals surface area (Å²) in [5.74, 6) is -1.39. The molecular weight excluding hydrogens is 292 g/mol. The van der Waals surface area contributed by atoms with Crippen molar-refractivity contribution in [1.29, 1.82) is 0 Å². The number of ketones is 1. The summed E-state index contributed by atoms with van der Waals surface area (Å²) in [6.07, 6.45) is -6.25. The van der Waals surface area contributed by atoms with Crippen molar-refractivity contribution < 1.29 is 22.4 Å². The Hall–Kier alpha value is -0.910. The van der Waals surface area contributed by atoms with Gasteiger partial charge in [0.2, 0.25) is 0 Å². The molecular formula is C10H7BrF4O. The van der Waals surface area contributed by atoms with E-state index in [1.54, 1.807) is 0 Å². The number of Topliss-reactive ketones (excluding diaryl/α,β-unsaturated/α-hetero) is 1. The summed E-state index contributed by atoms with van der Waals surface area (Å²) in [6.45, 7) is 0. The predicted octanol–water partition coefficient (Wildman–Crippen LogP) is 4.11. The second kappa shape index (κ2) is 4.95. The summed E-state index contributed by atoms with van der Waals surface area (Å²) in [4.78, 5) is 11.4. The minimum atomic E-state index is -4.38. The van der Waals surface area contributed by atoms with Crippen LogP contribution in [0.5, 0.6) is 0 Å². The van der Waals surface area contributed by atoms with E-state index < -0.39 is 30.6 Å². The van der Waals surface area contributed by atoms with Crippen LogP contribution in [-0.4, -0.2) is 12.0 Å². The third-order valence-electron chi connectivity index (χ3n) is 1.86. The van der Waals surface area contributed by atoms with Gasteiger partial charge in [-0.2, -0.15) is 13.2 Å². The number of benzene rings is 1. The van der Waals surface area contributed by atoms with Gasteiger partial charge in [-0.1, -0.05) is 15.9 Å². The van der Waals surface area contributed by atoms with Gasteiger partial charge in [-0.15, -0.1) is 0 Å². The second-order valence-electron chi connectivity index (χ2n) is 3.16. The first-order chi connectivity index (χ1) is 7.29. The molecule has 1 nitrogen and oxygen atoms in total. The third-order valence-corrected chi connectivity index (χ3v) is 2.56. The molecule has 0 aliphatic rings. The Bertz CT molecular complexity index is 400. The van der Waals surface area contributed by atoms with E-state index in [9.17, 15) is 22.4 Å². The fourth-order valence-electron chi connectivity index (χ4n) is 1.10. The van der Waals surface area contributed by atoms with E-state index in [0.29, 0.717) is 4.47 Å². The van der Waals surface area contributed by atoms with Crippen LogP contribution >= 0.6 is 15.9 Å². The summed E-state index contributed by atoms with van der Waals surface area (Å²) in [6, 6.07) is 3.32. The summed E-state index contributed by atoms with van der Waals surface area (Å²) < 4.78 is 48.7. The molecule has 0 saturated carbocycles. The van der Waals surface area contributed by atoms with Crippen LogP contribution in [0.25, 0.3) is 0 Å². The lowest BCUT2D eigenvalue weighted by Crippen LogP contribution is -2.11. The van der Waals surface area contributed by atoms with E-state index >= 15 is 0 Å². The van der Waals surface area contributed by atoms with Gasteiger partial charge in [-0.25, -0.2) is 4.39 Å². The normalized spacial score (nSPS) is 11.6. The van der Waals surface area contributed by atoms with Crippen LogP contribution in [0.15, 0.2) is 22.7 Å². The number of rotatable bonds is 3. The van der Waals surface area contributed by atoms with Gasteiger partial charge in [0.1, 0.15) is 5.82 Å². The highest BCUT2D eigenvalue weighted by Gasteiger charge is 2.28. The molecule has 0 aromatic heterocycles. The Balaban J connectivity index is 2.77. The number of hydrogen-bond donors (Lipinski definition) is 0. The number of carbonyl (C=O) groups excluding carboxylic acids is 1. The summed E-state index contributed by atoms with van der Waals surface area (Å²) in [5.41, 5.74) is -0.0655. The maximum Gasteiger partial charge on any atom is 0.389 e. The Morgan fingerprint density at radius 3 is 2.50 bits per heavy atom. The molecule has 6 heteroatoms. The van der Waals surface area contributed by atoms with Crippen molar-refractivity contribution in [3.05, 3.63) is 34.1 Å². The molecule has 0 radical (unpaired) electrons. The maximum atomic E-state index is 12.8. The quantitative estimate of drug-likeness (QED) is 0.606. The van der Waals surface area contributed by atoms with Gasteiger partial charge in [0, 0.05) is 16.5 Å². The standard InChI is InChI=1S/C10H7BrF4O/c11-8-2-1-6(12)5-7(8)9(16)3-4-10(13,14)15/h1-2,5H,3-4H2. The van der Waals surface area contributed by atoms with Crippen molar-refractivity contribution in [3.8, 4) is 0 Å². The van der Waals surface area contributed by atoms with Gasteiger partial charge in [0.15, 0.2) is 5.78 Å². The zero-order chi connectivity index (χ0) is 12.3. The van der Waals surface area contributed by atoms with Crippen LogP contribution in [0.2, 0.25) is 0 Å². The highest BCUT2D eigenvalue weighted by Crippen LogP contribution is 2.25. The van der Waals surface area contributed by atoms with E-state index in [1.807, 2.05) is 0 Å². The third kappa shape index (κ3) is 3.92. The van der Waals surface area contributed by atoms with Crippen molar-refractivity contribution in [2.75, 3.05) is 0 Å². The molecule has 0 unspecified atom stereocenters. The molecule has 0 bridgehead atoms. The van der Waals surface area contributed by atoms with Crippen molar-refractivity contribution >= 4 is 21.7 Å². The van der Waals surface area contributed by atoms with Gasteiger partial charge in [-0.3, -0.25) is 4.79 Å². The largest absolute Gasteiger partial charge is 0.389 e. The van der Waals surface area contributed by atoms with E-state index in [2.05, 4.69) is 15.9 Å². The Morgan fingerprint density at radius 2 is 1.94 bits per heavy atom. The van der Waals surface area contributed by atoms with E-state index in [1.165, 1.54) is 6.07 Å². The fraction of sp³-hybridized carbons (Fsp3) is 0.300. The number of alkyl halides is 3. The van der Waals surface area contributed by atoms with Crippen molar-refractivity contribution in [3.63, 3.8) is 0 Å². The van der Waals surface area contributed by atoms with Crippen LogP contribution in [0.3, 0.4) is 0 Å². The molecule has 88 valence electrons. The predicted molar refractivity (Wildman–Crippen MR) is 53.7 cm³/mol. The van der Waals surface area contributed by atoms with Crippen molar-refractivity contribution in [1.82, 2.24) is 0 Å². The van der Waals surface area contributed by atoms with Crippen LogP contribution < -0.4 is 0 Å². The van der Waals surface area contributed by atoms with Gasteiger partial charge in [-0.05, 0) is 18.2 Å². The number of hydrogen-bond acceptors (Lipinski definition) is 1. The first-order valence-corrected chi connectivity index (χ1v) is 5.14. The molecule has 0 aliphatic heterocycles. The minimum absolute atomic E-state index is 0.0655. The van der Waals surface area contributed by atoms with Gasteiger partial charge >= 0.3 is 6.18 Å². The van der Waals surface area contributed by atoms with Crippen LogP contribution in [0, 0.1) is 5.82 Å². The van der Waals surface area contributed by atoms with Crippen molar-refractivity contribution in [2.45, 2.75) is 19.0 Å². The topological polar surface area (TPSA) is 17.1 Å². The fourth-order valence-corrected chi connectivity index (χ4v) is 1.57. The molecule has 0 spiro atoms. The van der Waals surface area contributed by atoms with Gasteiger partial charge in [0.25, 0.3) is 0 Å². The average Bonchev–Trinajstić information content (AvgIpc) is 2.17.